The number of halogens is 2. The van der Waals surface area contributed by atoms with Crippen molar-refractivity contribution in [3.63, 3.8) is 0 Å². The molecule has 0 spiro atoms. The number of hydrogen-bond acceptors (Lipinski definition) is 1. The van der Waals surface area contributed by atoms with E-state index in [0.717, 1.165) is 17.1 Å². The van der Waals surface area contributed by atoms with Gasteiger partial charge in [0.15, 0.2) is 0 Å². The SMILES string of the molecule is Clc1ccc(C2CNc3ccccc32)c(Cl)c1. The zero-order valence-electron chi connectivity index (χ0n) is 9.08. The van der Waals surface area contributed by atoms with Crippen LogP contribution >= 0.6 is 23.2 Å². The Labute approximate surface area is 110 Å². The van der Waals surface area contributed by atoms with E-state index in [0.29, 0.717) is 10.9 Å². The van der Waals surface area contributed by atoms with Crippen LogP contribution in [0.1, 0.15) is 17.0 Å². The normalized spacial score (nSPS) is 17.6. The molecule has 0 saturated carbocycles. The third-order valence-corrected chi connectivity index (χ3v) is 3.73. The fraction of sp³-hybridized carbons (Fsp3) is 0.143. The maximum absolute atomic E-state index is 6.26. The molecule has 17 heavy (non-hydrogen) atoms. The Morgan fingerprint density at radius 3 is 2.65 bits per heavy atom. The molecule has 0 amide bonds. The first-order chi connectivity index (χ1) is 8.25. The van der Waals surface area contributed by atoms with Crippen LogP contribution in [0.3, 0.4) is 0 Å². The van der Waals surface area contributed by atoms with Crippen molar-refractivity contribution >= 4 is 28.9 Å². The topological polar surface area (TPSA) is 12.0 Å². The highest BCUT2D eigenvalue weighted by atomic mass is 35.5. The van der Waals surface area contributed by atoms with E-state index in [1.807, 2.05) is 18.2 Å². The van der Waals surface area contributed by atoms with Gasteiger partial charge < -0.3 is 5.32 Å². The summed E-state index contributed by atoms with van der Waals surface area (Å²) in [5.41, 5.74) is 3.63. The molecule has 0 fully saturated rings. The van der Waals surface area contributed by atoms with Crippen molar-refractivity contribution in [2.45, 2.75) is 5.92 Å². The van der Waals surface area contributed by atoms with Gasteiger partial charge >= 0.3 is 0 Å². The van der Waals surface area contributed by atoms with E-state index < -0.39 is 0 Å². The van der Waals surface area contributed by atoms with Crippen LogP contribution in [0.2, 0.25) is 10.0 Å². The Bertz CT molecular complexity index is 566. The summed E-state index contributed by atoms with van der Waals surface area (Å²) in [4.78, 5) is 0. The van der Waals surface area contributed by atoms with Crippen LogP contribution in [-0.4, -0.2) is 6.54 Å². The number of nitrogens with one attached hydrogen (secondary N) is 1. The van der Waals surface area contributed by atoms with Gasteiger partial charge in [-0.3, -0.25) is 0 Å². The third kappa shape index (κ3) is 1.90. The van der Waals surface area contributed by atoms with E-state index in [1.54, 1.807) is 6.07 Å². The van der Waals surface area contributed by atoms with E-state index in [4.69, 9.17) is 23.2 Å². The first kappa shape index (κ1) is 10.9. The standard InChI is InChI=1S/C14H11Cl2N/c15-9-5-6-10(13(16)7-9)12-8-17-14-4-2-1-3-11(12)14/h1-7,12,17H,8H2. The fourth-order valence-corrected chi connectivity index (χ4v) is 2.89. The van der Waals surface area contributed by atoms with Gasteiger partial charge in [0.05, 0.1) is 0 Å². The molecule has 3 heteroatoms. The van der Waals surface area contributed by atoms with Crippen molar-refractivity contribution in [2.24, 2.45) is 0 Å². The Hall–Kier alpha value is -1.18. The lowest BCUT2D eigenvalue weighted by molar-refractivity contribution is 0.907. The Morgan fingerprint density at radius 1 is 1.00 bits per heavy atom. The average Bonchev–Trinajstić information content (AvgIpc) is 2.73. The quantitative estimate of drug-likeness (QED) is 0.796. The number of anilines is 1. The minimum absolute atomic E-state index is 0.316. The molecular formula is C14H11Cl2N. The Balaban J connectivity index is 2.07. The number of fused-ring (bicyclic) bond motifs is 1. The number of benzene rings is 2. The second-order valence-corrected chi connectivity index (χ2v) is 5.03. The van der Waals surface area contributed by atoms with Crippen LogP contribution < -0.4 is 5.32 Å². The van der Waals surface area contributed by atoms with Gasteiger partial charge in [-0.1, -0.05) is 47.5 Å². The zero-order valence-corrected chi connectivity index (χ0v) is 10.6. The predicted octanol–water partition coefficient (Wildman–Crippen LogP) is 4.55. The predicted molar refractivity (Wildman–Crippen MR) is 73.2 cm³/mol. The number of para-hydroxylation sites is 1. The highest BCUT2D eigenvalue weighted by Gasteiger charge is 2.24. The van der Waals surface area contributed by atoms with E-state index in [9.17, 15) is 0 Å². The van der Waals surface area contributed by atoms with Crippen molar-refractivity contribution in [3.05, 3.63) is 63.6 Å². The first-order valence-electron chi connectivity index (χ1n) is 5.53. The van der Waals surface area contributed by atoms with Crippen LogP contribution in [0.15, 0.2) is 42.5 Å². The van der Waals surface area contributed by atoms with E-state index in [1.165, 1.54) is 11.3 Å². The molecule has 1 unspecified atom stereocenters. The van der Waals surface area contributed by atoms with Crippen LogP contribution in [0.25, 0.3) is 0 Å². The lowest BCUT2D eigenvalue weighted by Crippen LogP contribution is -2.04. The van der Waals surface area contributed by atoms with Crippen LogP contribution in [0.5, 0.6) is 0 Å². The molecule has 1 heterocycles. The molecule has 1 aliphatic rings. The van der Waals surface area contributed by atoms with Crippen LogP contribution in [0.4, 0.5) is 5.69 Å². The van der Waals surface area contributed by atoms with Crippen molar-refractivity contribution < 1.29 is 0 Å². The first-order valence-corrected chi connectivity index (χ1v) is 6.29. The van der Waals surface area contributed by atoms with Crippen molar-refractivity contribution in [2.75, 3.05) is 11.9 Å². The molecule has 1 nitrogen and oxygen atoms in total. The molecule has 0 aromatic heterocycles. The summed E-state index contributed by atoms with van der Waals surface area (Å²) in [7, 11) is 0. The lowest BCUT2D eigenvalue weighted by Gasteiger charge is -2.12. The molecule has 1 atom stereocenters. The molecule has 1 aliphatic heterocycles. The molecule has 0 bridgehead atoms. The molecule has 3 rings (SSSR count). The Morgan fingerprint density at radius 2 is 1.82 bits per heavy atom. The molecule has 2 aromatic carbocycles. The van der Waals surface area contributed by atoms with E-state index in [2.05, 4.69) is 23.5 Å². The summed E-state index contributed by atoms with van der Waals surface area (Å²) in [5.74, 6) is 0.316. The lowest BCUT2D eigenvalue weighted by atomic mass is 9.93. The van der Waals surface area contributed by atoms with Crippen molar-refractivity contribution in [1.29, 1.82) is 0 Å². The second-order valence-electron chi connectivity index (χ2n) is 4.19. The highest BCUT2D eigenvalue weighted by molar-refractivity contribution is 6.35. The van der Waals surface area contributed by atoms with Gasteiger partial charge in [-0.2, -0.15) is 0 Å². The fourth-order valence-electron chi connectivity index (χ4n) is 2.35. The molecule has 1 N–H and O–H groups in total. The molecule has 0 saturated heterocycles. The summed E-state index contributed by atoms with van der Waals surface area (Å²) in [6.07, 6.45) is 0. The van der Waals surface area contributed by atoms with Gasteiger partial charge in [0.1, 0.15) is 0 Å². The van der Waals surface area contributed by atoms with Gasteiger partial charge in [-0.25, -0.2) is 0 Å². The van der Waals surface area contributed by atoms with Gasteiger partial charge in [-0.15, -0.1) is 0 Å². The summed E-state index contributed by atoms with van der Waals surface area (Å²) < 4.78 is 0. The molecule has 0 aliphatic carbocycles. The van der Waals surface area contributed by atoms with E-state index in [-0.39, 0.29) is 0 Å². The van der Waals surface area contributed by atoms with Gasteiger partial charge in [0, 0.05) is 28.2 Å². The monoisotopic (exact) mass is 263 g/mol. The molecule has 2 aromatic rings. The minimum atomic E-state index is 0.316. The average molecular weight is 264 g/mol. The smallest absolute Gasteiger partial charge is 0.0459 e. The summed E-state index contributed by atoms with van der Waals surface area (Å²) in [6, 6.07) is 14.0. The Kier molecular flexibility index (Phi) is 2.73. The summed E-state index contributed by atoms with van der Waals surface area (Å²) in [5, 5.41) is 4.81. The number of rotatable bonds is 1. The summed E-state index contributed by atoms with van der Waals surface area (Å²) in [6.45, 7) is 0.890. The summed E-state index contributed by atoms with van der Waals surface area (Å²) >= 11 is 12.2. The molecule has 0 radical (unpaired) electrons. The third-order valence-electron chi connectivity index (χ3n) is 3.17. The zero-order chi connectivity index (χ0) is 11.8. The van der Waals surface area contributed by atoms with Crippen molar-refractivity contribution in [1.82, 2.24) is 0 Å². The van der Waals surface area contributed by atoms with Crippen LogP contribution in [0, 0.1) is 0 Å². The van der Waals surface area contributed by atoms with Crippen molar-refractivity contribution in [3.8, 4) is 0 Å². The van der Waals surface area contributed by atoms with Gasteiger partial charge in [0.2, 0.25) is 0 Å². The van der Waals surface area contributed by atoms with Gasteiger partial charge in [0.25, 0.3) is 0 Å². The maximum atomic E-state index is 6.26. The second kappa shape index (κ2) is 4.25. The van der Waals surface area contributed by atoms with E-state index >= 15 is 0 Å². The van der Waals surface area contributed by atoms with Gasteiger partial charge in [-0.05, 0) is 29.3 Å². The maximum Gasteiger partial charge on any atom is 0.0459 e. The number of hydrogen-bond donors (Lipinski definition) is 1. The minimum Gasteiger partial charge on any atom is -0.384 e. The molecule has 86 valence electrons. The highest BCUT2D eigenvalue weighted by Crippen LogP contribution is 2.39. The largest absolute Gasteiger partial charge is 0.384 e. The van der Waals surface area contributed by atoms with Crippen LogP contribution in [-0.2, 0) is 0 Å². The molecular weight excluding hydrogens is 253 g/mol.